The molecular formula is C19H16N6O3S. The molecule has 0 aliphatic heterocycles. The molecule has 10 heteroatoms. The first-order valence-electron chi connectivity index (χ1n) is 8.78. The molecular weight excluding hydrogens is 392 g/mol. The predicted molar refractivity (Wildman–Crippen MR) is 104 cm³/mol. The van der Waals surface area contributed by atoms with Gasteiger partial charge >= 0.3 is 5.97 Å². The number of pyridine rings is 1. The third kappa shape index (κ3) is 4.49. The molecule has 0 aliphatic carbocycles. The third-order valence-corrected chi connectivity index (χ3v) is 4.71. The van der Waals surface area contributed by atoms with E-state index in [2.05, 4.69) is 25.5 Å². The van der Waals surface area contributed by atoms with Gasteiger partial charge in [-0.2, -0.15) is 0 Å². The largest absolute Gasteiger partial charge is 0.462 e. The second kappa shape index (κ2) is 8.65. The van der Waals surface area contributed by atoms with Crippen molar-refractivity contribution >= 4 is 17.7 Å². The van der Waals surface area contributed by atoms with Crippen LogP contribution in [-0.4, -0.2) is 42.8 Å². The molecule has 0 radical (unpaired) electrons. The van der Waals surface area contributed by atoms with Gasteiger partial charge in [-0.1, -0.05) is 17.0 Å². The van der Waals surface area contributed by atoms with Crippen LogP contribution in [0.5, 0.6) is 0 Å². The Balaban J connectivity index is 1.38. The third-order valence-electron chi connectivity index (χ3n) is 3.86. The Kier molecular flexibility index (Phi) is 5.61. The van der Waals surface area contributed by atoms with Crippen LogP contribution < -0.4 is 0 Å². The summed E-state index contributed by atoms with van der Waals surface area (Å²) in [6.07, 6.45) is 5.15. The maximum atomic E-state index is 11.7. The quantitative estimate of drug-likeness (QED) is 0.336. The van der Waals surface area contributed by atoms with E-state index in [0.29, 0.717) is 29.0 Å². The zero-order valence-electron chi connectivity index (χ0n) is 15.4. The van der Waals surface area contributed by atoms with Crippen LogP contribution >= 0.6 is 11.8 Å². The van der Waals surface area contributed by atoms with E-state index in [1.165, 1.54) is 11.8 Å². The molecule has 0 unspecified atom stereocenters. The number of hydrogen-bond acceptors (Lipinski definition) is 9. The van der Waals surface area contributed by atoms with Crippen LogP contribution in [-0.2, 0) is 10.5 Å². The van der Waals surface area contributed by atoms with Crippen molar-refractivity contribution in [2.75, 3.05) is 6.61 Å². The Morgan fingerprint density at radius 2 is 1.90 bits per heavy atom. The van der Waals surface area contributed by atoms with Crippen LogP contribution in [0.3, 0.4) is 0 Å². The first-order chi connectivity index (χ1) is 14.2. The number of ether oxygens (including phenoxy) is 1. The average molecular weight is 408 g/mol. The van der Waals surface area contributed by atoms with E-state index in [9.17, 15) is 4.79 Å². The number of hydrogen-bond donors (Lipinski definition) is 0. The van der Waals surface area contributed by atoms with E-state index in [0.717, 1.165) is 16.9 Å². The number of carbonyl (C=O) groups excluding carboxylic acids is 1. The van der Waals surface area contributed by atoms with Crippen molar-refractivity contribution in [1.82, 2.24) is 30.2 Å². The van der Waals surface area contributed by atoms with E-state index >= 15 is 0 Å². The summed E-state index contributed by atoms with van der Waals surface area (Å²) in [4.78, 5) is 15.7. The summed E-state index contributed by atoms with van der Waals surface area (Å²) >= 11 is 1.38. The van der Waals surface area contributed by atoms with Crippen molar-refractivity contribution < 1.29 is 13.9 Å². The smallest absolute Gasteiger partial charge is 0.338 e. The summed E-state index contributed by atoms with van der Waals surface area (Å²) in [6.45, 7) is 2.12. The van der Waals surface area contributed by atoms with Crippen LogP contribution in [0.2, 0.25) is 0 Å². The maximum Gasteiger partial charge on any atom is 0.338 e. The maximum absolute atomic E-state index is 11.7. The molecule has 0 amide bonds. The van der Waals surface area contributed by atoms with Crippen LogP contribution in [0.25, 0.3) is 17.1 Å². The standard InChI is InChI=1S/C19H16N6O3S/c1-2-27-18(26)14-3-5-16(6-4-14)25-11-15(21-24-25)12-29-19-23-22-17(28-19)13-7-9-20-10-8-13/h3-11H,2,12H2,1H3. The SMILES string of the molecule is CCOC(=O)c1ccc(-n2cc(CSc3nnc(-c4ccncc4)o3)nn2)cc1. The molecule has 0 atom stereocenters. The van der Waals surface area contributed by atoms with Gasteiger partial charge in [0.2, 0.25) is 5.89 Å². The lowest BCUT2D eigenvalue weighted by Gasteiger charge is -2.03. The molecule has 0 saturated heterocycles. The molecule has 9 nitrogen and oxygen atoms in total. The fourth-order valence-electron chi connectivity index (χ4n) is 2.47. The average Bonchev–Trinajstić information content (AvgIpc) is 3.43. The Hall–Kier alpha value is -3.53. The topological polar surface area (TPSA) is 109 Å². The van der Waals surface area contributed by atoms with E-state index in [1.807, 2.05) is 6.20 Å². The molecule has 0 N–H and O–H groups in total. The van der Waals surface area contributed by atoms with Gasteiger partial charge in [-0.3, -0.25) is 4.98 Å². The van der Waals surface area contributed by atoms with Crippen LogP contribution in [0, 0.1) is 0 Å². The van der Waals surface area contributed by atoms with Crippen molar-refractivity contribution in [3.05, 3.63) is 66.2 Å². The fourth-order valence-corrected chi connectivity index (χ4v) is 3.11. The zero-order chi connectivity index (χ0) is 20.1. The van der Waals surface area contributed by atoms with Crippen molar-refractivity contribution in [2.24, 2.45) is 0 Å². The van der Waals surface area contributed by atoms with E-state index in [-0.39, 0.29) is 5.97 Å². The molecule has 0 aliphatic rings. The Morgan fingerprint density at radius 3 is 2.66 bits per heavy atom. The summed E-state index contributed by atoms with van der Waals surface area (Å²) in [6, 6.07) is 10.6. The Bertz CT molecular complexity index is 1090. The Morgan fingerprint density at radius 1 is 1.10 bits per heavy atom. The Labute approximate surface area is 170 Å². The molecule has 0 fully saturated rings. The minimum atomic E-state index is -0.347. The monoisotopic (exact) mass is 408 g/mol. The fraction of sp³-hybridized carbons (Fsp3) is 0.158. The highest BCUT2D eigenvalue weighted by atomic mass is 32.2. The molecule has 4 rings (SSSR count). The van der Waals surface area contributed by atoms with Gasteiger partial charge in [0.15, 0.2) is 0 Å². The van der Waals surface area contributed by atoms with Crippen molar-refractivity contribution in [1.29, 1.82) is 0 Å². The van der Waals surface area contributed by atoms with E-state index < -0.39 is 0 Å². The van der Waals surface area contributed by atoms with Gasteiger partial charge in [-0.05, 0) is 43.3 Å². The lowest BCUT2D eigenvalue weighted by molar-refractivity contribution is 0.0526. The van der Waals surface area contributed by atoms with Gasteiger partial charge in [0, 0.05) is 23.7 Å². The van der Waals surface area contributed by atoms with Gasteiger partial charge < -0.3 is 9.15 Å². The predicted octanol–water partition coefficient (Wildman–Crippen LogP) is 3.18. The number of benzene rings is 1. The van der Waals surface area contributed by atoms with Crippen LogP contribution in [0.1, 0.15) is 23.0 Å². The van der Waals surface area contributed by atoms with Gasteiger partial charge in [0.05, 0.1) is 29.7 Å². The molecule has 4 aromatic rings. The lowest BCUT2D eigenvalue weighted by atomic mass is 10.2. The molecule has 146 valence electrons. The second-order valence-electron chi connectivity index (χ2n) is 5.82. The molecule has 29 heavy (non-hydrogen) atoms. The summed E-state index contributed by atoms with van der Waals surface area (Å²) in [7, 11) is 0. The summed E-state index contributed by atoms with van der Waals surface area (Å²) in [5.74, 6) is 0.625. The lowest BCUT2D eigenvalue weighted by Crippen LogP contribution is -2.04. The van der Waals surface area contributed by atoms with Gasteiger partial charge in [0.1, 0.15) is 0 Å². The summed E-state index contributed by atoms with van der Waals surface area (Å²) in [5, 5.41) is 16.8. The number of carbonyl (C=O) groups is 1. The molecule has 0 saturated carbocycles. The molecule has 0 spiro atoms. The highest BCUT2D eigenvalue weighted by molar-refractivity contribution is 7.98. The van der Waals surface area contributed by atoms with Gasteiger partial charge in [-0.15, -0.1) is 15.3 Å². The minimum absolute atomic E-state index is 0.342. The number of rotatable bonds is 7. The highest BCUT2D eigenvalue weighted by Crippen LogP contribution is 2.25. The van der Waals surface area contributed by atoms with Gasteiger partial charge in [0.25, 0.3) is 5.22 Å². The number of thioether (sulfide) groups is 1. The van der Waals surface area contributed by atoms with Crippen molar-refractivity contribution in [3.8, 4) is 17.1 Å². The minimum Gasteiger partial charge on any atom is -0.462 e. The van der Waals surface area contributed by atoms with E-state index in [1.54, 1.807) is 60.4 Å². The number of aromatic nitrogens is 6. The highest BCUT2D eigenvalue weighted by Gasteiger charge is 2.11. The molecule has 3 heterocycles. The van der Waals surface area contributed by atoms with Crippen molar-refractivity contribution in [3.63, 3.8) is 0 Å². The summed E-state index contributed by atoms with van der Waals surface area (Å²) < 4.78 is 12.3. The summed E-state index contributed by atoms with van der Waals surface area (Å²) in [5.41, 5.74) is 2.86. The first-order valence-corrected chi connectivity index (χ1v) is 9.77. The van der Waals surface area contributed by atoms with Crippen LogP contribution in [0.15, 0.2) is 64.6 Å². The van der Waals surface area contributed by atoms with Gasteiger partial charge in [-0.25, -0.2) is 9.48 Å². The van der Waals surface area contributed by atoms with E-state index in [4.69, 9.17) is 9.15 Å². The normalized spacial score (nSPS) is 10.8. The first kappa shape index (κ1) is 18.8. The molecule has 1 aromatic carbocycles. The molecule has 3 aromatic heterocycles. The number of nitrogens with zero attached hydrogens (tertiary/aromatic N) is 6. The zero-order valence-corrected chi connectivity index (χ0v) is 16.2. The second-order valence-corrected chi connectivity index (χ2v) is 6.75. The number of esters is 1. The van der Waals surface area contributed by atoms with Crippen LogP contribution in [0.4, 0.5) is 0 Å². The molecule has 0 bridgehead atoms. The van der Waals surface area contributed by atoms with Crippen molar-refractivity contribution in [2.45, 2.75) is 17.9 Å².